The molecule has 0 fully saturated rings. The number of furan rings is 1. The number of fused-ring (bicyclic) bond motifs is 1. The van der Waals surface area contributed by atoms with Gasteiger partial charge in [-0.3, -0.25) is 19.5 Å². The lowest BCUT2D eigenvalue weighted by atomic mass is 9.98. The summed E-state index contributed by atoms with van der Waals surface area (Å²) in [6.45, 7) is 0. The Morgan fingerprint density at radius 3 is 2.55 bits per heavy atom. The molecule has 1 aliphatic heterocycles. The number of rotatable bonds is 4. The van der Waals surface area contributed by atoms with Crippen molar-refractivity contribution in [2.75, 3.05) is 4.90 Å². The molecule has 0 saturated carbocycles. The molecule has 2 aromatic carbocycles. The zero-order valence-corrected chi connectivity index (χ0v) is 16.8. The van der Waals surface area contributed by atoms with E-state index in [-0.39, 0.29) is 11.3 Å². The normalized spacial score (nSPS) is 16.4. The standard InChI is InChI=1S/C24H15ClN2O4/c25-15-9-10-18-14(12-15)13-19(31-18)22(28)20-21(17-8-4-5-11-26-17)27(24(30)23(20)29)16-6-2-1-3-7-16/h1-13,21,29H. The van der Waals surface area contributed by atoms with Crippen molar-refractivity contribution in [3.05, 3.63) is 107 Å². The fraction of sp³-hybridized carbons (Fsp3) is 0.0417. The number of aromatic nitrogens is 1. The van der Waals surface area contributed by atoms with Crippen molar-refractivity contribution in [2.24, 2.45) is 0 Å². The van der Waals surface area contributed by atoms with Gasteiger partial charge in [0.15, 0.2) is 11.5 Å². The second-order valence-electron chi connectivity index (χ2n) is 7.05. The molecule has 0 bridgehead atoms. The fourth-order valence-corrected chi connectivity index (χ4v) is 3.95. The summed E-state index contributed by atoms with van der Waals surface area (Å²) in [4.78, 5) is 32.2. The first-order valence-electron chi connectivity index (χ1n) is 9.51. The number of aliphatic hydroxyl groups excluding tert-OH is 1. The van der Waals surface area contributed by atoms with Crippen molar-refractivity contribution in [1.29, 1.82) is 0 Å². The van der Waals surface area contributed by atoms with E-state index in [0.29, 0.717) is 27.4 Å². The van der Waals surface area contributed by atoms with Gasteiger partial charge in [-0.25, -0.2) is 0 Å². The monoisotopic (exact) mass is 430 g/mol. The van der Waals surface area contributed by atoms with Crippen LogP contribution in [0.3, 0.4) is 0 Å². The summed E-state index contributed by atoms with van der Waals surface area (Å²) in [6, 6.07) is 19.7. The first-order chi connectivity index (χ1) is 15.0. The summed E-state index contributed by atoms with van der Waals surface area (Å²) in [5.41, 5.74) is 1.38. The van der Waals surface area contributed by atoms with Gasteiger partial charge in [0.1, 0.15) is 11.6 Å². The number of nitrogens with zero attached hydrogens (tertiary/aromatic N) is 2. The van der Waals surface area contributed by atoms with Crippen LogP contribution in [-0.4, -0.2) is 21.8 Å². The fourth-order valence-electron chi connectivity index (χ4n) is 3.77. The van der Waals surface area contributed by atoms with Crippen LogP contribution in [0, 0.1) is 0 Å². The van der Waals surface area contributed by atoms with Crippen LogP contribution in [-0.2, 0) is 4.79 Å². The Hall–Kier alpha value is -3.90. The molecule has 1 N–H and O–H groups in total. The van der Waals surface area contributed by atoms with Crippen LogP contribution >= 0.6 is 11.6 Å². The van der Waals surface area contributed by atoms with Crippen LogP contribution in [0.4, 0.5) is 5.69 Å². The quantitative estimate of drug-likeness (QED) is 0.446. The maximum absolute atomic E-state index is 13.5. The van der Waals surface area contributed by atoms with Gasteiger partial charge in [0.25, 0.3) is 5.91 Å². The first-order valence-corrected chi connectivity index (χ1v) is 9.89. The van der Waals surface area contributed by atoms with Gasteiger partial charge in [0.2, 0.25) is 5.78 Å². The maximum atomic E-state index is 13.5. The van der Waals surface area contributed by atoms with E-state index in [9.17, 15) is 14.7 Å². The van der Waals surface area contributed by atoms with Crippen molar-refractivity contribution in [3.8, 4) is 0 Å². The molecule has 4 aromatic rings. The van der Waals surface area contributed by atoms with E-state index in [1.165, 1.54) is 4.90 Å². The summed E-state index contributed by atoms with van der Waals surface area (Å²) >= 11 is 6.03. The third-order valence-corrected chi connectivity index (χ3v) is 5.39. The minimum Gasteiger partial charge on any atom is -0.503 e. The molecule has 1 amide bonds. The molecule has 7 heteroatoms. The first kappa shape index (κ1) is 19.1. The Kier molecular flexibility index (Phi) is 4.56. The SMILES string of the molecule is O=C(C1=C(O)C(=O)N(c2ccccc2)C1c1ccccn1)c1cc2cc(Cl)ccc2o1. The van der Waals surface area contributed by atoms with Gasteiger partial charge < -0.3 is 9.52 Å². The average Bonchev–Trinajstić information content (AvgIpc) is 3.33. The molecule has 31 heavy (non-hydrogen) atoms. The van der Waals surface area contributed by atoms with Crippen LogP contribution in [0.5, 0.6) is 0 Å². The number of ketones is 1. The zero-order chi connectivity index (χ0) is 21.5. The number of hydrogen-bond acceptors (Lipinski definition) is 5. The van der Waals surface area contributed by atoms with E-state index in [0.717, 1.165) is 0 Å². The molecule has 1 unspecified atom stereocenters. The van der Waals surface area contributed by atoms with Crippen molar-refractivity contribution in [1.82, 2.24) is 4.98 Å². The molecule has 6 nitrogen and oxygen atoms in total. The van der Waals surface area contributed by atoms with Gasteiger partial charge in [-0.05, 0) is 48.5 Å². The molecule has 1 aliphatic rings. The lowest BCUT2D eigenvalue weighted by Gasteiger charge is -2.25. The topological polar surface area (TPSA) is 83.6 Å². The second kappa shape index (κ2) is 7.41. The van der Waals surface area contributed by atoms with E-state index in [1.807, 2.05) is 6.07 Å². The van der Waals surface area contributed by atoms with E-state index < -0.39 is 23.5 Å². The summed E-state index contributed by atoms with van der Waals surface area (Å²) in [7, 11) is 0. The van der Waals surface area contributed by atoms with Crippen LogP contribution in [0.1, 0.15) is 22.3 Å². The molecular weight excluding hydrogens is 416 g/mol. The van der Waals surface area contributed by atoms with E-state index >= 15 is 0 Å². The van der Waals surface area contributed by atoms with Gasteiger partial charge >= 0.3 is 0 Å². The smallest absolute Gasteiger partial charge is 0.294 e. The lowest BCUT2D eigenvalue weighted by Crippen LogP contribution is -2.31. The predicted octanol–water partition coefficient (Wildman–Crippen LogP) is 5.26. The van der Waals surface area contributed by atoms with E-state index in [4.69, 9.17) is 16.0 Å². The van der Waals surface area contributed by atoms with Crippen molar-refractivity contribution in [3.63, 3.8) is 0 Å². The highest BCUT2D eigenvalue weighted by molar-refractivity contribution is 6.31. The molecular formula is C24H15ClN2O4. The van der Waals surface area contributed by atoms with Gasteiger partial charge in [0, 0.05) is 22.3 Å². The summed E-state index contributed by atoms with van der Waals surface area (Å²) < 4.78 is 5.70. The third kappa shape index (κ3) is 3.17. The number of benzene rings is 2. The average molecular weight is 431 g/mol. The molecule has 0 spiro atoms. The van der Waals surface area contributed by atoms with Crippen LogP contribution in [0.25, 0.3) is 11.0 Å². The second-order valence-corrected chi connectivity index (χ2v) is 7.49. The van der Waals surface area contributed by atoms with Gasteiger partial charge in [-0.2, -0.15) is 0 Å². The lowest BCUT2D eigenvalue weighted by molar-refractivity contribution is -0.117. The largest absolute Gasteiger partial charge is 0.503 e. The molecule has 1 atom stereocenters. The molecule has 5 rings (SSSR count). The number of halogens is 1. The van der Waals surface area contributed by atoms with Gasteiger partial charge in [-0.15, -0.1) is 0 Å². The highest BCUT2D eigenvalue weighted by atomic mass is 35.5. The molecule has 2 aromatic heterocycles. The van der Waals surface area contributed by atoms with Crippen LogP contribution in [0.15, 0.2) is 94.7 Å². The molecule has 152 valence electrons. The molecule has 3 heterocycles. The highest BCUT2D eigenvalue weighted by Crippen LogP contribution is 2.41. The van der Waals surface area contributed by atoms with Gasteiger partial charge in [-0.1, -0.05) is 35.9 Å². The number of hydrogen-bond donors (Lipinski definition) is 1. The number of Topliss-reactive ketones (excluding diaryl/α,β-unsaturated/α-hetero) is 1. The van der Waals surface area contributed by atoms with E-state index in [2.05, 4.69) is 4.98 Å². The minimum atomic E-state index is -0.902. The number of para-hydroxylation sites is 1. The van der Waals surface area contributed by atoms with Crippen molar-refractivity contribution < 1.29 is 19.1 Å². The Morgan fingerprint density at radius 2 is 1.81 bits per heavy atom. The molecule has 0 radical (unpaired) electrons. The van der Waals surface area contributed by atoms with Gasteiger partial charge in [0.05, 0.1) is 11.3 Å². The summed E-state index contributed by atoms with van der Waals surface area (Å²) in [5.74, 6) is -1.89. The predicted molar refractivity (Wildman–Crippen MR) is 116 cm³/mol. The molecule has 0 saturated heterocycles. The number of anilines is 1. The Labute approximate surface area is 182 Å². The van der Waals surface area contributed by atoms with E-state index in [1.54, 1.807) is 72.9 Å². The number of carbonyl (C=O) groups is 2. The Morgan fingerprint density at radius 1 is 1.03 bits per heavy atom. The van der Waals surface area contributed by atoms with Crippen molar-refractivity contribution in [2.45, 2.75) is 6.04 Å². The van der Waals surface area contributed by atoms with Crippen molar-refractivity contribution >= 4 is 39.9 Å². The van der Waals surface area contributed by atoms with Crippen LogP contribution in [0.2, 0.25) is 5.02 Å². The maximum Gasteiger partial charge on any atom is 0.294 e. The minimum absolute atomic E-state index is 0.00228. The Bertz CT molecular complexity index is 1350. The highest BCUT2D eigenvalue weighted by Gasteiger charge is 2.46. The number of amides is 1. The number of carbonyl (C=O) groups excluding carboxylic acids is 2. The number of aliphatic hydroxyl groups is 1. The number of pyridine rings is 1. The van der Waals surface area contributed by atoms with Crippen LogP contribution < -0.4 is 4.90 Å². The molecule has 0 aliphatic carbocycles. The summed E-state index contributed by atoms with van der Waals surface area (Å²) in [6.07, 6.45) is 1.57. The summed E-state index contributed by atoms with van der Waals surface area (Å²) in [5, 5.41) is 11.9. The third-order valence-electron chi connectivity index (χ3n) is 5.16. The zero-order valence-electron chi connectivity index (χ0n) is 16.0. The Balaban J connectivity index is 1.65.